The molecular weight excluding hydrogens is 512 g/mol. The van der Waals surface area contributed by atoms with Crippen molar-refractivity contribution in [1.29, 1.82) is 0 Å². The molecule has 1 fully saturated rings. The Morgan fingerprint density at radius 2 is 1.74 bits per heavy atom. The van der Waals surface area contributed by atoms with Gasteiger partial charge in [0.2, 0.25) is 0 Å². The number of sulfonamides is 1. The van der Waals surface area contributed by atoms with Gasteiger partial charge in [0, 0.05) is 30.4 Å². The first-order valence-electron chi connectivity index (χ1n) is 11.1. The lowest BCUT2D eigenvalue weighted by Crippen LogP contribution is -2.17. The Hall–Kier alpha value is -2.94. The van der Waals surface area contributed by atoms with Gasteiger partial charge in [0.05, 0.1) is 21.2 Å². The van der Waals surface area contributed by atoms with Crippen LogP contribution in [0.3, 0.4) is 0 Å². The molecule has 1 aliphatic heterocycles. The zero-order valence-corrected chi connectivity index (χ0v) is 20.9. The highest BCUT2D eigenvalue weighted by molar-refractivity contribution is 7.92. The van der Waals surface area contributed by atoms with E-state index in [1.54, 1.807) is 0 Å². The zero-order valence-electron chi connectivity index (χ0n) is 18.5. The highest BCUT2D eigenvalue weighted by atomic mass is 35.5. The van der Waals surface area contributed by atoms with Crippen molar-refractivity contribution in [2.75, 3.05) is 22.7 Å². The average molecular weight is 534 g/mol. The largest absolute Gasteiger partial charge is 0.486 e. The van der Waals surface area contributed by atoms with Crippen LogP contribution in [0.2, 0.25) is 10.0 Å². The van der Waals surface area contributed by atoms with Gasteiger partial charge < -0.3 is 14.6 Å². The third kappa shape index (κ3) is 4.78. The lowest BCUT2D eigenvalue weighted by atomic mass is 10.2. The van der Waals surface area contributed by atoms with E-state index in [1.165, 1.54) is 49.4 Å². The summed E-state index contributed by atoms with van der Waals surface area (Å²) in [6, 6.07) is 14.9. The number of hydrogen-bond donors (Lipinski definition) is 2. The van der Waals surface area contributed by atoms with Crippen molar-refractivity contribution in [2.24, 2.45) is 0 Å². The van der Waals surface area contributed by atoms with Crippen molar-refractivity contribution in [3.63, 3.8) is 0 Å². The van der Waals surface area contributed by atoms with E-state index in [0.29, 0.717) is 20.9 Å². The maximum absolute atomic E-state index is 15.2. The van der Waals surface area contributed by atoms with E-state index in [4.69, 9.17) is 27.9 Å². The third-order valence-corrected chi connectivity index (χ3v) is 8.00. The zero-order chi connectivity index (χ0) is 24.6. The number of rotatable bonds is 7. The van der Waals surface area contributed by atoms with Gasteiger partial charge in [-0.15, -0.1) is 0 Å². The molecule has 3 aromatic carbocycles. The van der Waals surface area contributed by atoms with Crippen LogP contribution in [-0.4, -0.2) is 26.5 Å². The summed E-state index contributed by atoms with van der Waals surface area (Å²) >= 11 is 12.3. The van der Waals surface area contributed by atoms with Gasteiger partial charge in [-0.3, -0.25) is 4.72 Å². The van der Waals surface area contributed by atoms with Crippen LogP contribution in [0.15, 0.2) is 65.7 Å². The van der Waals surface area contributed by atoms with Crippen LogP contribution < -0.4 is 14.4 Å². The van der Waals surface area contributed by atoms with E-state index in [0.717, 1.165) is 24.3 Å². The Bertz CT molecular complexity index is 1480. The second kappa shape index (κ2) is 9.60. The van der Waals surface area contributed by atoms with Gasteiger partial charge in [-0.1, -0.05) is 41.4 Å². The molecule has 182 valence electrons. The fourth-order valence-corrected chi connectivity index (χ4v) is 5.92. The number of H-pyrrole nitrogens is 1. The summed E-state index contributed by atoms with van der Waals surface area (Å²) in [6.07, 6.45) is 3.89. The van der Waals surface area contributed by atoms with Gasteiger partial charge in [0.1, 0.15) is 11.5 Å². The van der Waals surface area contributed by atoms with Crippen molar-refractivity contribution in [3.05, 3.63) is 82.2 Å². The van der Waals surface area contributed by atoms with E-state index in [9.17, 15) is 8.42 Å². The molecule has 5 rings (SSSR count). The first-order valence-corrected chi connectivity index (χ1v) is 13.3. The van der Waals surface area contributed by atoms with Crippen LogP contribution in [0.5, 0.6) is 5.75 Å². The molecule has 0 spiro atoms. The monoisotopic (exact) mass is 533 g/mol. The average Bonchev–Trinajstić information content (AvgIpc) is 3.51. The predicted octanol–water partition coefficient (Wildman–Crippen LogP) is 6.59. The SMILES string of the molecule is O=S(=O)(Nc1ccc(Cl)c2c(Cl)c[nH]c12)c1cccc(OCc2ccc(N3CCCC3)cc2)c1F. The summed E-state index contributed by atoms with van der Waals surface area (Å²) in [5.41, 5.74) is 2.60. The molecule has 0 amide bonds. The molecule has 1 saturated heterocycles. The lowest BCUT2D eigenvalue weighted by molar-refractivity contribution is 0.287. The minimum absolute atomic E-state index is 0.104. The summed E-state index contributed by atoms with van der Waals surface area (Å²) < 4.78 is 49.4. The molecular formula is C25H22Cl2FN3O3S. The first-order chi connectivity index (χ1) is 16.8. The number of hydrogen-bond acceptors (Lipinski definition) is 4. The number of nitrogens with one attached hydrogen (secondary N) is 2. The maximum atomic E-state index is 15.2. The molecule has 2 N–H and O–H groups in total. The van der Waals surface area contributed by atoms with E-state index in [-0.39, 0.29) is 18.0 Å². The number of aromatic nitrogens is 1. The molecule has 0 atom stereocenters. The topological polar surface area (TPSA) is 74.4 Å². The van der Waals surface area contributed by atoms with Gasteiger partial charge >= 0.3 is 0 Å². The minimum atomic E-state index is -4.28. The summed E-state index contributed by atoms with van der Waals surface area (Å²) in [7, 11) is -4.28. The standard InChI is InChI=1S/C25H22Cl2FN3O3S/c26-18-10-11-20(25-23(18)19(27)14-29-25)30-35(32,33)22-5-3-4-21(24(22)28)34-15-16-6-8-17(9-7-16)31-12-1-2-13-31/h3-11,14,29-30H,1-2,12-13,15H2. The number of benzene rings is 3. The van der Waals surface area contributed by atoms with Crippen molar-refractivity contribution >= 4 is 55.5 Å². The number of ether oxygens (including phenoxy) is 1. The van der Waals surface area contributed by atoms with Gasteiger partial charge in [0.25, 0.3) is 10.0 Å². The Kier molecular flexibility index (Phi) is 6.53. The smallest absolute Gasteiger partial charge is 0.265 e. The molecule has 6 nitrogen and oxygen atoms in total. The van der Waals surface area contributed by atoms with E-state index in [2.05, 4.69) is 14.6 Å². The summed E-state index contributed by atoms with van der Waals surface area (Å²) in [5.74, 6) is -1.12. The van der Waals surface area contributed by atoms with Gasteiger partial charge in [-0.2, -0.15) is 0 Å². The molecule has 1 aliphatic rings. The normalized spacial score (nSPS) is 14.0. The Morgan fingerprint density at radius 3 is 2.49 bits per heavy atom. The lowest BCUT2D eigenvalue weighted by Gasteiger charge is -2.18. The van der Waals surface area contributed by atoms with Crippen molar-refractivity contribution < 1.29 is 17.5 Å². The van der Waals surface area contributed by atoms with Crippen LogP contribution in [0, 0.1) is 5.82 Å². The predicted molar refractivity (Wildman–Crippen MR) is 138 cm³/mol. The Labute approximate surface area is 212 Å². The molecule has 10 heteroatoms. The van der Waals surface area contributed by atoms with E-state index in [1.807, 2.05) is 24.3 Å². The van der Waals surface area contributed by atoms with Crippen LogP contribution in [0.4, 0.5) is 15.8 Å². The molecule has 0 bridgehead atoms. The molecule has 0 saturated carbocycles. The Balaban J connectivity index is 1.34. The maximum Gasteiger partial charge on any atom is 0.265 e. The summed E-state index contributed by atoms with van der Waals surface area (Å²) in [5, 5.41) is 1.19. The van der Waals surface area contributed by atoms with Gasteiger partial charge in [0.15, 0.2) is 11.6 Å². The van der Waals surface area contributed by atoms with Crippen LogP contribution >= 0.6 is 23.2 Å². The van der Waals surface area contributed by atoms with Gasteiger partial charge in [-0.05, 0) is 54.8 Å². The molecule has 0 radical (unpaired) electrons. The minimum Gasteiger partial charge on any atom is -0.486 e. The molecule has 0 unspecified atom stereocenters. The third-order valence-electron chi connectivity index (χ3n) is 6.00. The fourth-order valence-electron chi connectivity index (χ4n) is 4.20. The number of anilines is 2. The second-order valence-electron chi connectivity index (χ2n) is 8.30. The number of nitrogens with zero attached hydrogens (tertiary/aromatic N) is 1. The molecule has 1 aromatic heterocycles. The van der Waals surface area contributed by atoms with Crippen molar-refractivity contribution in [3.8, 4) is 5.75 Å². The fraction of sp³-hybridized carbons (Fsp3) is 0.200. The molecule has 2 heterocycles. The Morgan fingerprint density at radius 1 is 1.00 bits per heavy atom. The molecule has 4 aromatic rings. The van der Waals surface area contributed by atoms with Crippen molar-refractivity contribution in [2.45, 2.75) is 24.3 Å². The molecule has 35 heavy (non-hydrogen) atoms. The quantitative estimate of drug-likeness (QED) is 0.281. The first kappa shape index (κ1) is 23.8. The van der Waals surface area contributed by atoms with Crippen LogP contribution in [0.1, 0.15) is 18.4 Å². The number of fused-ring (bicyclic) bond motifs is 1. The van der Waals surface area contributed by atoms with E-state index >= 15 is 4.39 Å². The summed E-state index contributed by atoms with van der Waals surface area (Å²) in [4.78, 5) is 4.69. The second-order valence-corrected chi connectivity index (χ2v) is 10.8. The van der Waals surface area contributed by atoms with Crippen molar-refractivity contribution in [1.82, 2.24) is 4.98 Å². The number of aromatic amines is 1. The number of halogens is 3. The van der Waals surface area contributed by atoms with E-state index < -0.39 is 20.7 Å². The highest BCUT2D eigenvalue weighted by Gasteiger charge is 2.24. The van der Waals surface area contributed by atoms with Crippen LogP contribution in [0.25, 0.3) is 10.9 Å². The van der Waals surface area contributed by atoms with Crippen LogP contribution in [-0.2, 0) is 16.6 Å². The summed E-state index contributed by atoms with van der Waals surface area (Å²) in [6.45, 7) is 2.20. The highest BCUT2D eigenvalue weighted by Crippen LogP contribution is 2.36. The molecule has 0 aliphatic carbocycles. The van der Waals surface area contributed by atoms with Gasteiger partial charge in [-0.25, -0.2) is 12.8 Å².